The molecule has 0 aromatic carbocycles. The Hall–Kier alpha value is -1.25. The van der Waals surface area contributed by atoms with Gasteiger partial charge in [-0.1, -0.05) is 5.16 Å². The van der Waals surface area contributed by atoms with E-state index in [0.29, 0.717) is 6.10 Å². The summed E-state index contributed by atoms with van der Waals surface area (Å²) in [6, 6.07) is 1.85. The van der Waals surface area contributed by atoms with E-state index in [4.69, 9.17) is 9.25 Å². The molecule has 3 nitrogen and oxygen atoms in total. The molecule has 0 spiro atoms. The summed E-state index contributed by atoms with van der Waals surface area (Å²) in [6.07, 6.45) is 10.1. The normalized spacial score (nSPS) is 18.5. The number of hydrogen-bond acceptors (Lipinski definition) is 3. The van der Waals surface area contributed by atoms with Crippen molar-refractivity contribution in [1.29, 1.82) is 0 Å². The number of nitrogens with zero attached hydrogens (tertiary/aromatic N) is 1. The van der Waals surface area contributed by atoms with Gasteiger partial charge in [0, 0.05) is 5.56 Å². The maximum atomic E-state index is 5.30. The SMILES string of the molecule is C(=N\OC1CCCC1)/c1ccoc1. The van der Waals surface area contributed by atoms with Gasteiger partial charge in [0.25, 0.3) is 0 Å². The Morgan fingerprint density at radius 3 is 3.00 bits per heavy atom. The third-order valence-corrected chi connectivity index (χ3v) is 2.26. The first-order chi connectivity index (χ1) is 6.45. The van der Waals surface area contributed by atoms with Gasteiger partial charge in [-0.15, -0.1) is 0 Å². The number of rotatable bonds is 3. The van der Waals surface area contributed by atoms with Crippen LogP contribution in [0.2, 0.25) is 0 Å². The molecule has 70 valence electrons. The molecule has 1 saturated carbocycles. The fourth-order valence-corrected chi connectivity index (χ4v) is 1.52. The van der Waals surface area contributed by atoms with Gasteiger partial charge in [0.1, 0.15) is 6.10 Å². The zero-order chi connectivity index (χ0) is 8.93. The van der Waals surface area contributed by atoms with E-state index >= 15 is 0 Å². The highest BCUT2D eigenvalue weighted by Crippen LogP contribution is 2.20. The minimum atomic E-state index is 0.336. The maximum absolute atomic E-state index is 5.30. The van der Waals surface area contributed by atoms with Crippen molar-refractivity contribution < 1.29 is 9.25 Å². The summed E-state index contributed by atoms with van der Waals surface area (Å²) in [7, 11) is 0. The lowest BCUT2D eigenvalue weighted by Gasteiger charge is -2.04. The van der Waals surface area contributed by atoms with Gasteiger partial charge in [-0.3, -0.25) is 0 Å². The largest absolute Gasteiger partial charge is 0.472 e. The van der Waals surface area contributed by atoms with Crippen LogP contribution in [-0.2, 0) is 4.84 Å². The van der Waals surface area contributed by atoms with Crippen molar-refractivity contribution in [2.24, 2.45) is 5.16 Å². The van der Waals surface area contributed by atoms with E-state index in [1.807, 2.05) is 6.07 Å². The summed E-state index contributed by atoms with van der Waals surface area (Å²) in [4.78, 5) is 5.30. The van der Waals surface area contributed by atoms with Crippen LogP contribution in [-0.4, -0.2) is 12.3 Å². The molecule has 1 aliphatic rings. The van der Waals surface area contributed by atoms with Crippen LogP contribution in [0.25, 0.3) is 0 Å². The van der Waals surface area contributed by atoms with Crippen molar-refractivity contribution in [3.63, 3.8) is 0 Å². The summed E-state index contributed by atoms with van der Waals surface area (Å²) in [6.45, 7) is 0. The van der Waals surface area contributed by atoms with Gasteiger partial charge in [0.2, 0.25) is 0 Å². The Kier molecular flexibility index (Phi) is 2.65. The van der Waals surface area contributed by atoms with Gasteiger partial charge < -0.3 is 9.25 Å². The fraction of sp³-hybridized carbons (Fsp3) is 0.500. The highest BCUT2D eigenvalue weighted by atomic mass is 16.6. The first-order valence-corrected chi connectivity index (χ1v) is 4.66. The predicted octanol–water partition coefficient (Wildman–Crippen LogP) is 2.57. The molecule has 1 aromatic heterocycles. The molecule has 13 heavy (non-hydrogen) atoms. The standard InChI is InChI=1S/C10H13NO2/c1-2-4-10(3-1)13-11-7-9-5-6-12-8-9/h5-8,10H,1-4H2/b11-7+. The smallest absolute Gasteiger partial charge is 0.127 e. The van der Waals surface area contributed by atoms with E-state index in [9.17, 15) is 0 Å². The molecule has 1 aliphatic carbocycles. The molecule has 0 saturated heterocycles. The lowest BCUT2D eigenvalue weighted by molar-refractivity contribution is 0.0657. The van der Waals surface area contributed by atoms with Crippen molar-refractivity contribution in [3.8, 4) is 0 Å². The van der Waals surface area contributed by atoms with Crippen molar-refractivity contribution in [3.05, 3.63) is 24.2 Å². The van der Waals surface area contributed by atoms with E-state index < -0.39 is 0 Å². The van der Waals surface area contributed by atoms with Gasteiger partial charge in [-0.05, 0) is 31.7 Å². The van der Waals surface area contributed by atoms with Crippen LogP contribution in [0.4, 0.5) is 0 Å². The van der Waals surface area contributed by atoms with Crippen molar-refractivity contribution >= 4 is 6.21 Å². The minimum Gasteiger partial charge on any atom is -0.472 e. The van der Waals surface area contributed by atoms with Crippen molar-refractivity contribution in [2.45, 2.75) is 31.8 Å². The zero-order valence-corrected chi connectivity index (χ0v) is 7.48. The molecule has 0 aliphatic heterocycles. The lowest BCUT2D eigenvalue weighted by Crippen LogP contribution is -2.02. The summed E-state index contributed by atoms with van der Waals surface area (Å²) in [5.74, 6) is 0. The molecule has 0 bridgehead atoms. The predicted molar refractivity (Wildman–Crippen MR) is 49.6 cm³/mol. The Morgan fingerprint density at radius 1 is 1.46 bits per heavy atom. The van der Waals surface area contributed by atoms with Gasteiger partial charge in [0.05, 0.1) is 18.7 Å². The van der Waals surface area contributed by atoms with Gasteiger partial charge in [-0.2, -0.15) is 0 Å². The first-order valence-electron chi connectivity index (χ1n) is 4.66. The molecule has 0 amide bonds. The molecular weight excluding hydrogens is 166 g/mol. The van der Waals surface area contributed by atoms with E-state index in [1.54, 1.807) is 18.7 Å². The quantitative estimate of drug-likeness (QED) is 0.528. The third-order valence-electron chi connectivity index (χ3n) is 2.26. The van der Waals surface area contributed by atoms with Crippen LogP contribution in [0.15, 0.2) is 28.2 Å². The molecule has 3 heteroatoms. The fourth-order valence-electron chi connectivity index (χ4n) is 1.52. The molecular formula is C10H13NO2. The monoisotopic (exact) mass is 179 g/mol. The van der Waals surface area contributed by atoms with Crippen LogP contribution in [0.1, 0.15) is 31.2 Å². The van der Waals surface area contributed by atoms with Gasteiger partial charge in [-0.25, -0.2) is 0 Å². The van der Waals surface area contributed by atoms with Gasteiger partial charge >= 0.3 is 0 Å². The zero-order valence-electron chi connectivity index (χ0n) is 7.48. The molecule has 1 aromatic rings. The molecule has 0 unspecified atom stereocenters. The van der Waals surface area contributed by atoms with E-state index in [1.165, 1.54) is 12.8 Å². The second-order valence-corrected chi connectivity index (χ2v) is 3.30. The van der Waals surface area contributed by atoms with Crippen LogP contribution in [0.5, 0.6) is 0 Å². The third kappa shape index (κ3) is 2.34. The van der Waals surface area contributed by atoms with Crippen molar-refractivity contribution in [2.75, 3.05) is 0 Å². The lowest BCUT2D eigenvalue weighted by atomic mass is 10.3. The Morgan fingerprint density at radius 2 is 2.31 bits per heavy atom. The van der Waals surface area contributed by atoms with E-state index in [2.05, 4.69) is 5.16 Å². The number of hydrogen-bond donors (Lipinski definition) is 0. The van der Waals surface area contributed by atoms with Gasteiger partial charge in [0.15, 0.2) is 0 Å². The second kappa shape index (κ2) is 4.12. The minimum absolute atomic E-state index is 0.336. The van der Waals surface area contributed by atoms with Crippen LogP contribution in [0.3, 0.4) is 0 Å². The Balaban J connectivity index is 1.78. The molecule has 1 fully saturated rings. The summed E-state index contributed by atoms with van der Waals surface area (Å²) in [5.41, 5.74) is 0.943. The second-order valence-electron chi connectivity index (χ2n) is 3.30. The first kappa shape index (κ1) is 8.35. The maximum Gasteiger partial charge on any atom is 0.127 e. The van der Waals surface area contributed by atoms with Crippen molar-refractivity contribution in [1.82, 2.24) is 0 Å². The Bertz CT molecular complexity index is 260. The number of oxime groups is 1. The average molecular weight is 179 g/mol. The molecule has 2 rings (SSSR count). The van der Waals surface area contributed by atoms with Crippen LogP contribution < -0.4 is 0 Å². The molecule has 0 radical (unpaired) electrons. The highest BCUT2D eigenvalue weighted by Gasteiger charge is 2.15. The molecule has 0 atom stereocenters. The summed E-state index contributed by atoms with van der Waals surface area (Å²) in [5, 5.41) is 3.91. The number of furan rings is 1. The van der Waals surface area contributed by atoms with Crippen LogP contribution in [0, 0.1) is 0 Å². The summed E-state index contributed by atoms with van der Waals surface area (Å²) >= 11 is 0. The highest BCUT2D eigenvalue weighted by molar-refractivity contribution is 5.78. The molecule has 1 heterocycles. The average Bonchev–Trinajstić information content (AvgIpc) is 2.75. The van der Waals surface area contributed by atoms with E-state index in [-0.39, 0.29) is 0 Å². The van der Waals surface area contributed by atoms with Crippen LogP contribution >= 0.6 is 0 Å². The molecule has 0 N–H and O–H groups in total. The Labute approximate surface area is 77.4 Å². The summed E-state index contributed by atoms with van der Waals surface area (Å²) < 4.78 is 4.89. The topological polar surface area (TPSA) is 34.7 Å². The van der Waals surface area contributed by atoms with E-state index in [0.717, 1.165) is 18.4 Å².